The number of hydrogen-bond donors (Lipinski definition) is 3. The van der Waals surface area contributed by atoms with Gasteiger partial charge in [0.05, 0.1) is 11.5 Å². The van der Waals surface area contributed by atoms with Crippen molar-refractivity contribution in [1.29, 1.82) is 0 Å². The van der Waals surface area contributed by atoms with Crippen LogP contribution in [-0.2, 0) is 14.3 Å². The van der Waals surface area contributed by atoms with Crippen LogP contribution in [0.3, 0.4) is 0 Å². The van der Waals surface area contributed by atoms with Gasteiger partial charge in [-0.1, -0.05) is 0 Å². The van der Waals surface area contributed by atoms with Crippen LogP contribution in [0.4, 0.5) is 4.79 Å². The summed E-state index contributed by atoms with van der Waals surface area (Å²) >= 11 is 0. The standard InChI is InChI=1S/C13H22N2O5/c1-8-9(4-5-20-8)7-14-12(19)15-10(16)6-13(2,3)11(17)18/h8-9H,4-7H2,1-3H3,(H,17,18)(H2,14,15,16,19). The van der Waals surface area contributed by atoms with Crippen molar-refractivity contribution in [3.8, 4) is 0 Å². The lowest BCUT2D eigenvalue weighted by molar-refractivity contribution is -0.149. The van der Waals surface area contributed by atoms with Crippen LogP contribution in [0.2, 0.25) is 0 Å². The second-order valence-electron chi connectivity index (χ2n) is 5.75. The number of ether oxygens (including phenoxy) is 1. The smallest absolute Gasteiger partial charge is 0.321 e. The number of carboxylic acid groups (broad SMARTS) is 1. The SMILES string of the molecule is CC1OCCC1CNC(=O)NC(=O)CC(C)(C)C(=O)O. The van der Waals surface area contributed by atoms with E-state index < -0.39 is 23.3 Å². The first-order valence-electron chi connectivity index (χ1n) is 6.65. The van der Waals surface area contributed by atoms with Crippen LogP contribution in [0.1, 0.15) is 33.6 Å². The zero-order valence-electron chi connectivity index (χ0n) is 12.1. The summed E-state index contributed by atoms with van der Waals surface area (Å²) in [5.41, 5.74) is -1.20. The van der Waals surface area contributed by atoms with E-state index in [9.17, 15) is 14.4 Å². The molecule has 7 nitrogen and oxygen atoms in total. The Morgan fingerprint density at radius 2 is 2.00 bits per heavy atom. The van der Waals surface area contributed by atoms with Crippen molar-refractivity contribution in [2.24, 2.45) is 11.3 Å². The molecule has 3 N–H and O–H groups in total. The van der Waals surface area contributed by atoms with Gasteiger partial charge in [-0.15, -0.1) is 0 Å². The summed E-state index contributed by atoms with van der Waals surface area (Å²) in [6.45, 7) is 5.93. The Balaban J connectivity index is 2.31. The molecule has 0 aliphatic carbocycles. The lowest BCUT2D eigenvalue weighted by Crippen LogP contribution is -2.44. The van der Waals surface area contributed by atoms with Crippen molar-refractivity contribution >= 4 is 17.9 Å². The van der Waals surface area contributed by atoms with E-state index in [1.54, 1.807) is 0 Å². The number of carbonyl (C=O) groups is 3. The summed E-state index contributed by atoms with van der Waals surface area (Å²) in [5, 5.41) is 13.6. The van der Waals surface area contributed by atoms with Gasteiger partial charge in [0.1, 0.15) is 0 Å². The van der Waals surface area contributed by atoms with Gasteiger partial charge in [-0.3, -0.25) is 14.9 Å². The molecular weight excluding hydrogens is 264 g/mol. The molecule has 1 rings (SSSR count). The third-order valence-corrected chi connectivity index (χ3v) is 3.49. The number of hydrogen-bond acceptors (Lipinski definition) is 4. The number of imide groups is 1. The predicted molar refractivity (Wildman–Crippen MR) is 71.1 cm³/mol. The van der Waals surface area contributed by atoms with Gasteiger partial charge in [-0.05, 0) is 27.2 Å². The van der Waals surface area contributed by atoms with Gasteiger partial charge < -0.3 is 15.2 Å². The third-order valence-electron chi connectivity index (χ3n) is 3.49. The Kier molecular flexibility index (Phi) is 5.50. The number of carbonyl (C=O) groups excluding carboxylic acids is 2. The summed E-state index contributed by atoms with van der Waals surface area (Å²) < 4.78 is 5.37. The summed E-state index contributed by atoms with van der Waals surface area (Å²) in [4.78, 5) is 34.0. The largest absolute Gasteiger partial charge is 0.481 e. The second kappa shape index (κ2) is 6.69. The highest BCUT2D eigenvalue weighted by molar-refractivity contribution is 5.96. The molecule has 0 aromatic rings. The average Bonchev–Trinajstić information content (AvgIpc) is 2.71. The van der Waals surface area contributed by atoms with Gasteiger partial charge >= 0.3 is 12.0 Å². The van der Waals surface area contributed by atoms with E-state index in [1.165, 1.54) is 13.8 Å². The van der Waals surface area contributed by atoms with E-state index in [0.717, 1.165) is 6.42 Å². The molecular formula is C13H22N2O5. The first-order valence-corrected chi connectivity index (χ1v) is 6.65. The Morgan fingerprint density at radius 1 is 1.35 bits per heavy atom. The highest BCUT2D eigenvalue weighted by atomic mass is 16.5. The molecule has 1 saturated heterocycles. The lowest BCUT2D eigenvalue weighted by atomic mass is 9.89. The topological polar surface area (TPSA) is 105 Å². The maximum Gasteiger partial charge on any atom is 0.321 e. The zero-order valence-corrected chi connectivity index (χ0v) is 12.1. The van der Waals surface area contributed by atoms with Crippen LogP contribution >= 0.6 is 0 Å². The summed E-state index contributed by atoms with van der Waals surface area (Å²) in [6, 6.07) is -0.602. The molecule has 3 amide bonds. The predicted octanol–water partition coefficient (Wildman–Crippen LogP) is 0.738. The molecule has 1 heterocycles. The minimum Gasteiger partial charge on any atom is -0.481 e. The molecule has 1 aliphatic heterocycles. The number of urea groups is 1. The molecule has 0 spiro atoms. The van der Waals surface area contributed by atoms with Gasteiger partial charge in [0.25, 0.3) is 0 Å². The Bertz CT molecular complexity index is 394. The highest BCUT2D eigenvalue weighted by Gasteiger charge is 2.31. The molecule has 0 aromatic heterocycles. The number of carboxylic acids is 1. The van der Waals surface area contributed by atoms with Crippen LogP contribution in [-0.4, -0.2) is 42.3 Å². The average molecular weight is 286 g/mol. The van der Waals surface area contributed by atoms with E-state index in [2.05, 4.69) is 10.6 Å². The number of amides is 3. The maximum atomic E-state index is 11.6. The van der Waals surface area contributed by atoms with Gasteiger partial charge in [0.2, 0.25) is 5.91 Å². The minimum atomic E-state index is -1.20. The molecule has 114 valence electrons. The second-order valence-corrected chi connectivity index (χ2v) is 5.75. The molecule has 20 heavy (non-hydrogen) atoms. The van der Waals surface area contributed by atoms with Crippen LogP contribution in [0.15, 0.2) is 0 Å². The van der Waals surface area contributed by atoms with E-state index in [4.69, 9.17) is 9.84 Å². The fourth-order valence-corrected chi connectivity index (χ4v) is 1.96. The first kappa shape index (κ1) is 16.4. The van der Waals surface area contributed by atoms with Crippen LogP contribution in [0, 0.1) is 11.3 Å². The first-order chi connectivity index (χ1) is 9.22. The Hall–Kier alpha value is -1.63. The lowest BCUT2D eigenvalue weighted by Gasteiger charge is -2.18. The summed E-state index contributed by atoms with van der Waals surface area (Å²) in [7, 11) is 0. The van der Waals surface area contributed by atoms with Crippen LogP contribution in [0.25, 0.3) is 0 Å². The molecule has 7 heteroatoms. The van der Waals surface area contributed by atoms with E-state index in [-0.39, 0.29) is 18.4 Å². The number of nitrogens with one attached hydrogen (secondary N) is 2. The minimum absolute atomic E-state index is 0.0944. The maximum absolute atomic E-state index is 11.6. The van der Waals surface area contributed by atoms with Crippen molar-refractivity contribution in [3.05, 3.63) is 0 Å². The molecule has 0 saturated carbocycles. The Morgan fingerprint density at radius 3 is 2.50 bits per heavy atom. The van der Waals surface area contributed by atoms with Crippen LogP contribution in [0.5, 0.6) is 0 Å². The third kappa shape index (κ3) is 4.80. The number of aliphatic carboxylic acids is 1. The summed E-state index contributed by atoms with van der Waals surface area (Å²) in [6.07, 6.45) is 0.720. The summed E-state index contributed by atoms with van der Waals surface area (Å²) in [5.74, 6) is -1.44. The van der Waals surface area contributed by atoms with Gasteiger partial charge in [0.15, 0.2) is 0 Å². The van der Waals surface area contributed by atoms with E-state index in [1.807, 2.05) is 6.92 Å². The van der Waals surface area contributed by atoms with Crippen molar-refractivity contribution in [2.45, 2.75) is 39.7 Å². The van der Waals surface area contributed by atoms with E-state index >= 15 is 0 Å². The fourth-order valence-electron chi connectivity index (χ4n) is 1.96. The number of rotatable bonds is 5. The zero-order chi connectivity index (χ0) is 15.3. The van der Waals surface area contributed by atoms with Gasteiger partial charge in [-0.25, -0.2) is 4.79 Å². The fraction of sp³-hybridized carbons (Fsp3) is 0.769. The molecule has 2 atom stereocenters. The van der Waals surface area contributed by atoms with Gasteiger partial charge in [0, 0.05) is 25.5 Å². The van der Waals surface area contributed by atoms with E-state index in [0.29, 0.717) is 13.2 Å². The molecule has 0 aromatic carbocycles. The molecule has 1 fully saturated rings. The van der Waals surface area contributed by atoms with Crippen molar-refractivity contribution in [2.75, 3.05) is 13.2 Å². The van der Waals surface area contributed by atoms with Gasteiger partial charge in [-0.2, -0.15) is 0 Å². The van der Waals surface area contributed by atoms with Crippen molar-refractivity contribution in [3.63, 3.8) is 0 Å². The molecule has 0 radical (unpaired) electrons. The molecule has 1 aliphatic rings. The van der Waals surface area contributed by atoms with Crippen molar-refractivity contribution < 1.29 is 24.2 Å². The monoisotopic (exact) mass is 286 g/mol. The molecule has 0 bridgehead atoms. The highest BCUT2D eigenvalue weighted by Crippen LogP contribution is 2.20. The van der Waals surface area contributed by atoms with Crippen molar-refractivity contribution in [1.82, 2.24) is 10.6 Å². The Labute approximate surface area is 118 Å². The normalized spacial score (nSPS) is 22.4. The quantitative estimate of drug-likeness (QED) is 0.691. The molecule has 2 unspecified atom stereocenters. The van der Waals surface area contributed by atoms with Crippen LogP contribution < -0.4 is 10.6 Å².